The number of rotatable bonds is 4. The van der Waals surface area contributed by atoms with Crippen molar-refractivity contribution in [3.05, 3.63) is 65.2 Å². The first-order chi connectivity index (χ1) is 14.2. The second kappa shape index (κ2) is 7.99. The van der Waals surface area contributed by atoms with E-state index in [1.807, 2.05) is 48.5 Å². The smallest absolute Gasteiger partial charge is 0.227 e. The molecule has 0 bridgehead atoms. The lowest BCUT2D eigenvalue weighted by atomic mass is 9.75. The molecule has 2 aliphatic rings. The maximum Gasteiger partial charge on any atom is 0.227 e. The highest BCUT2D eigenvalue weighted by Crippen LogP contribution is 2.44. The van der Waals surface area contributed by atoms with E-state index in [1.165, 1.54) is 0 Å². The van der Waals surface area contributed by atoms with Crippen LogP contribution in [0.3, 0.4) is 0 Å². The second-order valence-corrected chi connectivity index (χ2v) is 7.47. The van der Waals surface area contributed by atoms with Crippen LogP contribution in [-0.2, 0) is 4.79 Å². The summed E-state index contributed by atoms with van der Waals surface area (Å²) in [5.41, 5.74) is 2.67. The summed E-state index contributed by atoms with van der Waals surface area (Å²) in [5, 5.41) is 19.4. The van der Waals surface area contributed by atoms with Crippen molar-refractivity contribution in [2.75, 3.05) is 13.7 Å². The molecular formula is C24H22N2O3. The van der Waals surface area contributed by atoms with Gasteiger partial charge in [-0.2, -0.15) is 5.26 Å². The van der Waals surface area contributed by atoms with E-state index >= 15 is 0 Å². The van der Waals surface area contributed by atoms with Crippen molar-refractivity contribution in [2.45, 2.75) is 30.8 Å². The molecule has 0 unspecified atom stereocenters. The van der Waals surface area contributed by atoms with Crippen LogP contribution < -0.4 is 4.74 Å². The van der Waals surface area contributed by atoms with Gasteiger partial charge in [-0.05, 0) is 48.7 Å². The predicted octanol–water partition coefficient (Wildman–Crippen LogP) is 2.68. The van der Waals surface area contributed by atoms with Crippen molar-refractivity contribution in [3.8, 4) is 23.7 Å². The Hall–Kier alpha value is -3.28. The fourth-order valence-corrected chi connectivity index (χ4v) is 3.89. The number of aliphatic hydroxyl groups excluding tert-OH is 1. The lowest BCUT2D eigenvalue weighted by molar-refractivity contribution is -0.148. The van der Waals surface area contributed by atoms with Crippen LogP contribution in [0.2, 0.25) is 0 Å². The van der Waals surface area contributed by atoms with Crippen molar-refractivity contribution in [1.82, 2.24) is 4.90 Å². The number of hydrogen-bond acceptors (Lipinski definition) is 4. The zero-order valence-electron chi connectivity index (χ0n) is 16.2. The van der Waals surface area contributed by atoms with Gasteiger partial charge in [-0.25, -0.2) is 0 Å². The summed E-state index contributed by atoms with van der Waals surface area (Å²) in [7, 11) is 1.62. The first-order valence-electron chi connectivity index (χ1n) is 9.75. The number of methoxy groups -OCH3 is 1. The van der Waals surface area contributed by atoms with Gasteiger partial charge in [0.1, 0.15) is 11.8 Å². The molecule has 0 radical (unpaired) electrons. The van der Waals surface area contributed by atoms with E-state index < -0.39 is 6.04 Å². The number of nitriles is 1. The Labute approximate surface area is 170 Å². The quantitative estimate of drug-likeness (QED) is 0.820. The van der Waals surface area contributed by atoms with E-state index in [1.54, 1.807) is 12.0 Å². The third-order valence-corrected chi connectivity index (χ3v) is 5.63. The molecule has 1 saturated heterocycles. The zero-order chi connectivity index (χ0) is 20.4. The number of likely N-dealkylation sites (tertiary alicyclic amines) is 1. The van der Waals surface area contributed by atoms with Crippen LogP contribution in [0.25, 0.3) is 0 Å². The van der Waals surface area contributed by atoms with Gasteiger partial charge in [0.15, 0.2) is 0 Å². The number of nitrogens with zero attached hydrogens (tertiary/aromatic N) is 2. The summed E-state index contributed by atoms with van der Waals surface area (Å²) >= 11 is 0. The molecule has 0 spiro atoms. The molecule has 29 heavy (non-hydrogen) atoms. The molecule has 4 rings (SSSR count). The Morgan fingerprint density at radius 1 is 1.17 bits per heavy atom. The number of benzene rings is 2. The normalized spacial score (nSPS) is 22.7. The third-order valence-electron chi connectivity index (χ3n) is 5.63. The summed E-state index contributed by atoms with van der Waals surface area (Å²) in [5.74, 6) is 6.88. The highest BCUT2D eigenvalue weighted by atomic mass is 16.5. The molecule has 3 atom stereocenters. The minimum atomic E-state index is -0.519. The highest BCUT2D eigenvalue weighted by Gasteiger charge is 2.53. The molecule has 5 heteroatoms. The molecule has 1 amide bonds. The number of carbonyl (C=O) groups is 1. The van der Waals surface area contributed by atoms with Crippen LogP contribution in [0.5, 0.6) is 5.75 Å². The molecular weight excluding hydrogens is 364 g/mol. The number of ether oxygens (including phenoxy) is 1. The van der Waals surface area contributed by atoms with Crippen LogP contribution in [0.4, 0.5) is 0 Å². The van der Waals surface area contributed by atoms with E-state index in [9.17, 15) is 15.2 Å². The molecule has 2 aromatic rings. The van der Waals surface area contributed by atoms with Crippen LogP contribution in [0.15, 0.2) is 48.5 Å². The molecule has 5 nitrogen and oxygen atoms in total. The van der Waals surface area contributed by atoms with Gasteiger partial charge in [-0.3, -0.25) is 4.79 Å². The van der Waals surface area contributed by atoms with Crippen LogP contribution in [0.1, 0.15) is 35.4 Å². The zero-order valence-corrected chi connectivity index (χ0v) is 16.2. The maximum atomic E-state index is 12.5. The van der Waals surface area contributed by atoms with Gasteiger partial charge in [-0.15, -0.1) is 0 Å². The average Bonchev–Trinajstić information content (AvgIpc) is 3.58. The second-order valence-electron chi connectivity index (χ2n) is 7.47. The fourth-order valence-electron chi connectivity index (χ4n) is 3.89. The summed E-state index contributed by atoms with van der Waals surface area (Å²) < 4.78 is 5.21. The van der Waals surface area contributed by atoms with Gasteiger partial charge in [0.05, 0.1) is 25.8 Å². The van der Waals surface area contributed by atoms with Crippen molar-refractivity contribution >= 4 is 5.91 Å². The Morgan fingerprint density at radius 3 is 2.52 bits per heavy atom. The van der Waals surface area contributed by atoms with E-state index in [4.69, 9.17) is 4.74 Å². The number of carbonyl (C=O) groups excluding carboxylic acids is 1. The highest BCUT2D eigenvalue weighted by molar-refractivity contribution is 5.83. The molecule has 2 fully saturated rings. The molecule has 1 saturated carbocycles. The van der Waals surface area contributed by atoms with Crippen LogP contribution in [-0.4, -0.2) is 41.7 Å². The van der Waals surface area contributed by atoms with E-state index in [-0.39, 0.29) is 30.4 Å². The molecule has 1 heterocycles. The Balaban J connectivity index is 1.51. The monoisotopic (exact) mass is 386 g/mol. The lowest BCUT2D eigenvalue weighted by Crippen LogP contribution is -2.65. The molecule has 0 aromatic heterocycles. The first-order valence-corrected chi connectivity index (χ1v) is 9.75. The predicted molar refractivity (Wildman–Crippen MR) is 108 cm³/mol. The van der Waals surface area contributed by atoms with E-state index in [0.717, 1.165) is 35.3 Å². The van der Waals surface area contributed by atoms with Gasteiger partial charge in [-0.1, -0.05) is 30.0 Å². The minimum absolute atomic E-state index is 0.00706. The molecule has 1 aliphatic carbocycles. The molecule has 2 aromatic carbocycles. The number of amides is 1. The summed E-state index contributed by atoms with van der Waals surface area (Å²) in [6, 6.07) is 16.7. The number of hydrogen-bond donors (Lipinski definition) is 1. The van der Waals surface area contributed by atoms with Gasteiger partial charge < -0.3 is 14.7 Å². The van der Waals surface area contributed by atoms with Crippen molar-refractivity contribution in [1.29, 1.82) is 5.26 Å². The Morgan fingerprint density at radius 2 is 1.90 bits per heavy atom. The molecule has 146 valence electrons. The molecule has 1 N–H and O–H groups in total. The van der Waals surface area contributed by atoms with Gasteiger partial charge >= 0.3 is 0 Å². The van der Waals surface area contributed by atoms with Crippen LogP contribution in [0, 0.1) is 29.1 Å². The third kappa shape index (κ3) is 3.70. The van der Waals surface area contributed by atoms with Gasteiger partial charge in [0.25, 0.3) is 0 Å². The van der Waals surface area contributed by atoms with Crippen molar-refractivity contribution in [2.24, 2.45) is 5.92 Å². The summed E-state index contributed by atoms with van der Waals surface area (Å²) in [4.78, 5) is 14.0. The fraction of sp³-hybridized carbons (Fsp3) is 0.333. The SMILES string of the molecule is COc1cccc(C#Cc2ccc([C@@H]3[C@@H](CO)N(C(=O)C4CC4)[C@H]3C#N)cc2)c1. The lowest BCUT2D eigenvalue weighted by Gasteiger charge is -2.51. The Kier molecular flexibility index (Phi) is 5.25. The molecule has 1 aliphatic heterocycles. The van der Waals surface area contributed by atoms with Crippen LogP contribution >= 0.6 is 0 Å². The Bertz CT molecular complexity index is 1010. The standard InChI is InChI=1S/C24H22N2O3/c1-29-20-4-2-3-17(13-20)6-5-16-7-9-18(10-8-16)23-21(14-25)26(22(23)15-27)24(28)19-11-12-19/h2-4,7-10,13,19,21-23,27H,11-12,15H2,1H3/t21-,22+,23-/m0/s1. The minimum Gasteiger partial charge on any atom is -0.497 e. The van der Waals surface area contributed by atoms with Crippen molar-refractivity contribution < 1.29 is 14.6 Å². The van der Waals surface area contributed by atoms with E-state index in [2.05, 4.69) is 17.9 Å². The summed E-state index contributed by atoms with van der Waals surface area (Å²) in [6.07, 6.45) is 1.77. The number of aliphatic hydroxyl groups is 1. The largest absolute Gasteiger partial charge is 0.497 e. The maximum absolute atomic E-state index is 12.5. The topological polar surface area (TPSA) is 73.6 Å². The van der Waals surface area contributed by atoms with Gasteiger partial charge in [0, 0.05) is 23.0 Å². The van der Waals surface area contributed by atoms with Crippen molar-refractivity contribution in [3.63, 3.8) is 0 Å². The average molecular weight is 386 g/mol. The van der Waals surface area contributed by atoms with Gasteiger partial charge in [0.2, 0.25) is 5.91 Å². The van der Waals surface area contributed by atoms with E-state index in [0.29, 0.717) is 0 Å². The summed E-state index contributed by atoms with van der Waals surface area (Å²) in [6.45, 7) is -0.140. The first kappa shape index (κ1) is 19.1.